The van der Waals surface area contributed by atoms with Crippen LogP contribution in [0.4, 0.5) is 0 Å². The van der Waals surface area contributed by atoms with Crippen LogP contribution in [0.5, 0.6) is 0 Å². The van der Waals surface area contributed by atoms with Crippen LogP contribution in [0.2, 0.25) is 0 Å². The van der Waals surface area contributed by atoms with Crippen LogP contribution in [0.25, 0.3) is 11.0 Å². The van der Waals surface area contributed by atoms with Crippen LogP contribution in [0.1, 0.15) is 30.4 Å². The summed E-state index contributed by atoms with van der Waals surface area (Å²) in [5.41, 5.74) is 4.82. The number of amides is 1. The number of halogens is 2. The number of hydrogen-bond acceptors (Lipinski definition) is 3. The maximum Gasteiger partial charge on any atom is 0.223 e. The second kappa shape index (κ2) is 9.38. The molecule has 2 fully saturated rings. The first-order chi connectivity index (χ1) is 13.7. The number of aromatic nitrogens is 2. The van der Waals surface area contributed by atoms with Gasteiger partial charge in [-0.1, -0.05) is 36.4 Å². The van der Waals surface area contributed by atoms with E-state index in [2.05, 4.69) is 50.5 Å². The van der Waals surface area contributed by atoms with Crippen molar-refractivity contribution in [3.05, 3.63) is 66.0 Å². The van der Waals surface area contributed by atoms with Crippen molar-refractivity contribution in [2.75, 3.05) is 13.1 Å². The number of hydrogen-bond donors (Lipinski definition) is 2. The van der Waals surface area contributed by atoms with E-state index in [0.717, 1.165) is 55.5 Å². The van der Waals surface area contributed by atoms with Crippen LogP contribution >= 0.6 is 24.8 Å². The lowest BCUT2D eigenvalue weighted by molar-refractivity contribution is -0.123. The van der Waals surface area contributed by atoms with Crippen molar-refractivity contribution in [2.24, 2.45) is 11.3 Å². The fraction of sp³-hybridized carbons (Fsp3) is 0.391. The predicted octanol–water partition coefficient (Wildman–Crippen LogP) is 3.93. The molecule has 5 rings (SSSR count). The molecule has 3 aromatic rings. The third kappa shape index (κ3) is 4.48. The summed E-state index contributed by atoms with van der Waals surface area (Å²) in [6.07, 6.45) is 5.23. The topological polar surface area (TPSA) is 59.0 Å². The summed E-state index contributed by atoms with van der Waals surface area (Å²) < 4.78 is 2.16. The van der Waals surface area contributed by atoms with Crippen LogP contribution in [-0.4, -0.2) is 28.5 Å². The summed E-state index contributed by atoms with van der Waals surface area (Å²) in [5, 5.41) is 6.56. The standard InChI is InChI=1S/C23H26N4O.2ClH/c28-22(19-13-23(19)8-10-24-11-9-23)25-14-17-4-3-5-18(12-17)15-27-16-26-20-6-1-2-7-21(20)27;;/h1-7,12,16,19,24H,8-11,13-15H2,(H,25,28);2*1H. The molecular weight excluding hydrogens is 419 g/mol. The Bertz CT molecular complexity index is 1010. The Labute approximate surface area is 189 Å². The Morgan fingerprint density at radius 3 is 2.70 bits per heavy atom. The number of imidazole rings is 1. The number of piperidine rings is 1. The maximum absolute atomic E-state index is 12.6. The van der Waals surface area contributed by atoms with Crippen molar-refractivity contribution in [3.63, 3.8) is 0 Å². The van der Waals surface area contributed by atoms with Crippen molar-refractivity contribution in [1.29, 1.82) is 0 Å². The molecule has 0 bridgehead atoms. The van der Waals surface area contributed by atoms with Gasteiger partial charge in [-0.2, -0.15) is 0 Å². The molecule has 2 aromatic carbocycles. The third-order valence-corrected chi connectivity index (χ3v) is 6.44. The van der Waals surface area contributed by atoms with Crippen LogP contribution in [-0.2, 0) is 17.9 Å². The highest BCUT2D eigenvalue weighted by atomic mass is 35.5. The van der Waals surface area contributed by atoms with E-state index in [1.165, 1.54) is 5.56 Å². The minimum Gasteiger partial charge on any atom is -0.352 e. The summed E-state index contributed by atoms with van der Waals surface area (Å²) in [5.74, 6) is 0.447. The minimum atomic E-state index is 0. The summed E-state index contributed by atoms with van der Waals surface area (Å²) in [4.78, 5) is 17.1. The Balaban J connectivity index is 0.00000128. The number of rotatable bonds is 5. The lowest BCUT2D eigenvalue weighted by Gasteiger charge is -2.23. The van der Waals surface area contributed by atoms with E-state index in [-0.39, 0.29) is 36.6 Å². The molecule has 2 heterocycles. The quantitative estimate of drug-likeness (QED) is 0.623. The molecule has 7 heteroatoms. The predicted molar refractivity (Wildman–Crippen MR) is 124 cm³/mol. The fourth-order valence-corrected chi connectivity index (χ4v) is 4.68. The van der Waals surface area contributed by atoms with Crippen LogP contribution in [0.15, 0.2) is 54.9 Å². The van der Waals surface area contributed by atoms with Gasteiger partial charge < -0.3 is 15.2 Å². The molecule has 1 aliphatic heterocycles. The number of nitrogens with one attached hydrogen (secondary N) is 2. The molecule has 1 saturated carbocycles. The Morgan fingerprint density at radius 1 is 1.10 bits per heavy atom. The molecule has 2 aliphatic rings. The number of carbonyl (C=O) groups excluding carboxylic acids is 1. The van der Waals surface area contributed by atoms with Crippen molar-refractivity contribution in [1.82, 2.24) is 20.2 Å². The van der Waals surface area contributed by atoms with Crippen molar-refractivity contribution in [2.45, 2.75) is 32.4 Å². The van der Waals surface area contributed by atoms with Gasteiger partial charge in [0, 0.05) is 19.0 Å². The first kappa shape index (κ1) is 22.6. The maximum atomic E-state index is 12.6. The van der Waals surface area contributed by atoms with Gasteiger partial charge in [0.1, 0.15) is 0 Å². The zero-order valence-corrected chi connectivity index (χ0v) is 18.5. The van der Waals surface area contributed by atoms with Gasteiger partial charge in [0.25, 0.3) is 0 Å². The number of para-hydroxylation sites is 2. The van der Waals surface area contributed by atoms with Crippen LogP contribution in [0, 0.1) is 11.3 Å². The zero-order valence-electron chi connectivity index (χ0n) is 16.8. The molecule has 2 N–H and O–H groups in total. The number of fused-ring (bicyclic) bond motifs is 1. The van der Waals surface area contributed by atoms with Gasteiger partial charge in [-0.05, 0) is 61.0 Å². The molecule has 1 spiro atoms. The molecule has 5 nitrogen and oxygen atoms in total. The summed E-state index contributed by atoms with van der Waals surface area (Å²) in [6.45, 7) is 3.48. The highest BCUT2D eigenvalue weighted by Gasteiger charge is 2.57. The van der Waals surface area contributed by atoms with E-state index in [1.54, 1.807) is 0 Å². The molecule has 160 valence electrons. The monoisotopic (exact) mass is 446 g/mol. The molecule has 1 amide bonds. The largest absolute Gasteiger partial charge is 0.352 e. The normalized spacial score (nSPS) is 19.0. The van der Waals surface area contributed by atoms with E-state index in [1.807, 2.05) is 24.5 Å². The highest BCUT2D eigenvalue weighted by molar-refractivity contribution is 5.85. The van der Waals surface area contributed by atoms with Gasteiger partial charge in [0.15, 0.2) is 0 Å². The second-order valence-electron chi connectivity index (χ2n) is 8.27. The van der Waals surface area contributed by atoms with Crippen LogP contribution < -0.4 is 10.6 Å². The van der Waals surface area contributed by atoms with Gasteiger partial charge >= 0.3 is 0 Å². The van der Waals surface area contributed by atoms with E-state index >= 15 is 0 Å². The number of benzene rings is 2. The summed E-state index contributed by atoms with van der Waals surface area (Å²) in [6, 6.07) is 16.7. The first-order valence-electron chi connectivity index (χ1n) is 10.2. The van der Waals surface area contributed by atoms with E-state index in [9.17, 15) is 4.79 Å². The number of carbonyl (C=O) groups is 1. The van der Waals surface area contributed by atoms with E-state index in [4.69, 9.17) is 0 Å². The Hall–Kier alpha value is -2.08. The van der Waals surface area contributed by atoms with Gasteiger partial charge in [-0.15, -0.1) is 24.8 Å². The molecule has 1 aliphatic carbocycles. The van der Waals surface area contributed by atoms with Gasteiger partial charge in [0.05, 0.1) is 17.4 Å². The zero-order chi connectivity index (χ0) is 19.0. The summed E-state index contributed by atoms with van der Waals surface area (Å²) >= 11 is 0. The third-order valence-electron chi connectivity index (χ3n) is 6.44. The molecule has 1 saturated heterocycles. The molecule has 0 radical (unpaired) electrons. The molecule has 1 atom stereocenters. The molecular formula is C23H28Cl2N4O. The van der Waals surface area contributed by atoms with E-state index < -0.39 is 0 Å². The Kier molecular flexibility index (Phi) is 7.06. The van der Waals surface area contributed by atoms with Gasteiger partial charge in [-0.3, -0.25) is 4.79 Å². The Morgan fingerprint density at radius 2 is 1.87 bits per heavy atom. The molecule has 1 unspecified atom stereocenters. The van der Waals surface area contributed by atoms with Crippen molar-refractivity contribution < 1.29 is 4.79 Å². The van der Waals surface area contributed by atoms with Crippen LogP contribution in [0.3, 0.4) is 0 Å². The number of nitrogens with zero attached hydrogens (tertiary/aromatic N) is 2. The minimum absolute atomic E-state index is 0. The SMILES string of the molecule is Cl.Cl.O=C(NCc1cccc(Cn2cnc3ccccc32)c1)C1CC12CCNCC2. The van der Waals surface area contributed by atoms with E-state index in [0.29, 0.717) is 12.0 Å². The summed E-state index contributed by atoms with van der Waals surface area (Å²) in [7, 11) is 0. The molecule has 30 heavy (non-hydrogen) atoms. The lowest BCUT2D eigenvalue weighted by atomic mass is 9.92. The average molecular weight is 447 g/mol. The molecule has 1 aromatic heterocycles. The van der Waals surface area contributed by atoms with Gasteiger partial charge in [-0.25, -0.2) is 4.98 Å². The smallest absolute Gasteiger partial charge is 0.223 e. The lowest BCUT2D eigenvalue weighted by Crippen LogP contribution is -2.33. The highest BCUT2D eigenvalue weighted by Crippen LogP contribution is 2.58. The average Bonchev–Trinajstić information content (AvgIpc) is 3.27. The first-order valence-corrected chi connectivity index (χ1v) is 10.2. The van der Waals surface area contributed by atoms with Gasteiger partial charge in [0.2, 0.25) is 5.91 Å². The van der Waals surface area contributed by atoms with Crippen molar-refractivity contribution >= 4 is 41.8 Å². The second-order valence-corrected chi connectivity index (χ2v) is 8.27. The van der Waals surface area contributed by atoms with Crippen molar-refractivity contribution in [3.8, 4) is 0 Å². The fourth-order valence-electron chi connectivity index (χ4n) is 4.68.